The van der Waals surface area contributed by atoms with Gasteiger partial charge in [-0.05, 0) is 25.5 Å². The molecular formula is C8H8F2O. The summed E-state index contributed by atoms with van der Waals surface area (Å²) in [7, 11) is 0. The van der Waals surface area contributed by atoms with Gasteiger partial charge in [-0.1, -0.05) is 0 Å². The van der Waals surface area contributed by atoms with Crippen molar-refractivity contribution in [3.05, 3.63) is 28.8 Å². The number of phenols is 1. The van der Waals surface area contributed by atoms with Crippen molar-refractivity contribution in [2.24, 2.45) is 0 Å². The van der Waals surface area contributed by atoms with Crippen LogP contribution in [-0.2, 0) is 0 Å². The van der Waals surface area contributed by atoms with E-state index in [1.165, 1.54) is 13.8 Å². The number of aryl methyl sites for hydroxylation is 1. The molecule has 0 heterocycles. The van der Waals surface area contributed by atoms with Crippen LogP contribution in [0.15, 0.2) is 6.07 Å². The van der Waals surface area contributed by atoms with E-state index < -0.39 is 17.4 Å². The van der Waals surface area contributed by atoms with Crippen LogP contribution >= 0.6 is 0 Å². The van der Waals surface area contributed by atoms with Crippen LogP contribution in [0.1, 0.15) is 11.1 Å². The van der Waals surface area contributed by atoms with Gasteiger partial charge in [0.15, 0.2) is 11.6 Å². The highest BCUT2D eigenvalue weighted by atomic mass is 19.1. The predicted octanol–water partition coefficient (Wildman–Crippen LogP) is 2.29. The van der Waals surface area contributed by atoms with E-state index >= 15 is 0 Å². The average molecular weight is 158 g/mol. The quantitative estimate of drug-likeness (QED) is 0.614. The molecular weight excluding hydrogens is 150 g/mol. The summed E-state index contributed by atoms with van der Waals surface area (Å²) >= 11 is 0. The molecule has 0 unspecified atom stereocenters. The van der Waals surface area contributed by atoms with E-state index in [2.05, 4.69) is 0 Å². The summed E-state index contributed by atoms with van der Waals surface area (Å²) in [5.74, 6) is -1.97. The average Bonchev–Trinajstić information content (AvgIpc) is 1.97. The summed E-state index contributed by atoms with van der Waals surface area (Å²) in [5, 5.41) is 8.97. The van der Waals surface area contributed by atoms with Crippen molar-refractivity contribution < 1.29 is 13.9 Å². The van der Waals surface area contributed by atoms with E-state index in [1.54, 1.807) is 0 Å². The number of hydrogen-bond acceptors (Lipinski definition) is 1. The third kappa shape index (κ3) is 1.18. The minimum atomic E-state index is -0.873. The van der Waals surface area contributed by atoms with Gasteiger partial charge in [0.2, 0.25) is 0 Å². The fourth-order valence-corrected chi connectivity index (χ4v) is 0.822. The maximum atomic E-state index is 12.8. The van der Waals surface area contributed by atoms with Gasteiger partial charge in [-0.2, -0.15) is 0 Å². The van der Waals surface area contributed by atoms with Crippen molar-refractivity contribution in [2.45, 2.75) is 13.8 Å². The van der Waals surface area contributed by atoms with Gasteiger partial charge < -0.3 is 5.11 Å². The van der Waals surface area contributed by atoms with Crippen LogP contribution in [0.4, 0.5) is 8.78 Å². The Morgan fingerprint density at radius 1 is 1.27 bits per heavy atom. The molecule has 0 spiro atoms. The first kappa shape index (κ1) is 7.98. The fourth-order valence-electron chi connectivity index (χ4n) is 0.822. The summed E-state index contributed by atoms with van der Waals surface area (Å²) in [4.78, 5) is 0. The van der Waals surface area contributed by atoms with Crippen molar-refractivity contribution >= 4 is 0 Å². The first-order valence-corrected chi connectivity index (χ1v) is 3.18. The molecule has 60 valence electrons. The lowest BCUT2D eigenvalue weighted by Crippen LogP contribution is -1.91. The molecule has 0 bridgehead atoms. The van der Waals surface area contributed by atoms with E-state index in [-0.39, 0.29) is 11.1 Å². The van der Waals surface area contributed by atoms with Crippen molar-refractivity contribution in [2.75, 3.05) is 0 Å². The lowest BCUT2D eigenvalue weighted by Gasteiger charge is -2.03. The van der Waals surface area contributed by atoms with E-state index in [0.29, 0.717) is 0 Å². The Morgan fingerprint density at radius 2 is 1.82 bits per heavy atom. The Bertz CT molecular complexity index is 268. The Hall–Kier alpha value is -1.12. The van der Waals surface area contributed by atoms with Crippen LogP contribution in [0.25, 0.3) is 0 Å². The maximum absolute atomic E-state index is 12.8. The van der Waals surface area contributed by atoms with E-state index in [4.69, 9.17) is 5.11 Å². The van der Waals surface area contributed by atoms with Crippen molar-refractivity contribution in [3.63, 3.8) is 0 Å². The molecule has 3 heteroatoms. The second kappa shape index (κ2) is 2.49. The minimum absolute atomic E-state index is 0.145. The van der Waals surface area contributed by atoms with E-state index in [9.17, 15) is 8.78 Å². The highest BCUT2D eigenvalue weighted by Gasteiger charge is 2.11. The lowest BCUT2D eigenvalue weighted by molar-refractivity contribution is 0.420. The third-order valence-electron chi connectivity index (χ3n) is 1.61. The number of rotatable bonds is 0. The molecule has 0 aliphatic heterocycles. The van der Waals surface area contributed by atoms with Crippen molar-refractivity contribution in [3.8, 4) is 5.75 Å². The topological polar surface area (TPSA) is 20.2 Å². The van der Waals surface area contributed by atoms with Gasteiger partial charge in [-0.25, -0.2) is 8.78 Å². The van der Waals surface area contributed by atoms with Gasteiger partial charge in [0.1, 0.15) is 5.82 Å². The zero-order valence-corrected chi connectivity index (χ0v) is 6.28. The zero-order valence-electron chi connectivity index (χ0n) is 6.28. The van der Waals surface area contributed by atoms with Crippen LogP contribution in [0.5, 0.6) is 5.75 Å². The number of phenolic OH excluding ortho intramolecular Hbond substituents is 1. The molecule has 0 aliphatic carbocycles. The molecule has 0 aromatic heterocycles. The Labute approximate surface area is 63.3 Å². The van der Waals surface area contributed by atoms with Gasteiger partial charge in [0.05, 0.1) is 0 Å². The molecule has 1 aromatic carbocycles. The molecule has 0 atom stereocenters. The molecule has 1 N–H and O–H groups in total. The monoisotopic (exact) mass is 158 g/mol. The molecule has 0 saturated carbocycles. The molecule has 0 amide bonds. The van der Waals surface area contributed by atoms with Crippen LogP contribution in [0.2, 0.25) is 0 Å². The molecule has 11 heavy (non-hydrogen) atoms. The normalized spacial score (nSPS) is 10.2. The molecule has 1 aromatic rings. The Balaban J connectivity index is 3.46. The van der Waals surface area contributed by atoms with E-state index in [1.807, 2.05) is 0 Å². The Morgan fingerprint density at radius 3 is 2.36 bits per heavy atom. The standard InChI is InChI=1S/C8H8F2O/c1-4-3-6(9)5(2)7(10)8(4)11/h3,11H,1-2H3. The SMILES string of the molecule is Cc1cc(F)c(C)c(F)c1O. The summed E-state index contributed by atoms with van der Waals surface area (Å²) in [6.07, 6.45) is 0. The summed E-state index contributed by atoms with van der Waals surface area (Å²) in [6, 6.07) is 1.10. The van der Waals surface area contributed by atoms with Crippen molar-refractivity contribution in [1.29, 1.82) is 0 Å². The van der Waals surface area contributed by atoms with Gasteiger partial charge >= 0.3 is 0 Å². The summed E-state index contributed by atoms with van der Waals surface area (Å²) in [6.45, 7) is 2.73. The zero-order chi connectivity index (χ0) is 8.59. The van der Waals surface area contributed by atoms with Gasteiger partial charge in [0.25, 0.3) is 0 Å². The molecule has 0 aliphatic rings. The lowest BCUT2D eigenvalue weighted by atomic mass is 10.1. The molecule has 1 nitrogen and oxygen atoms in total. The van der Waals surface area contributed by atoms with Crippen molar-refractivity contribution in [1.82, 2.24) is 0 Å². The van der Waals surface area contributed by atoms with Crippen LogP contribution < -0.4 is 0 Å². The highest BCUT2D eigenvalue weighted by molar-refractivity contribution is 5.37. The van der Waals surface area contributed by atoms with Gasteiger partial charge in [0, 0.05) is 5.56 Å². The third-order valence-corrected chi connectivity index (χ3v) is 1.61. The number of aromatic hydroxyl groups is 1. The molecule has 0 saturated heterocycles. The van der Waals surface area contributed by atoms with Crippen LogP contribution in [0.3, 0.4) is 0 Å². The number of benzene rings is 1. The molecule has 0 radical (unpaired) electrons. The minimum Gasteiger partial charge on any atom is -0.505 e. The fraction of sp³-hybridized carbons (Fsp3) is 0.250. The summed E-state index contributed by atoms with van der Waals surface area (Å²) in [5.41, 5.74) is 0.0682. The van der Waals surface area contributed by atoms with Gasteiger partial charge in [-0.15, -0.1) is 0 Å². The molecule has 1 rings (SSSR count). The number of hydrogen-bond donors (Lipinski definition) is 1. The van der Waals surface area contributed by atoms with Gasteiger partial charge in [-0.3, -0.25) is 0 Å². The van der Waals surface area contributed by atoms with Crippen LogP contribution in [0, 0.1) is 25.5 Å². The highest BCUT2D eigenvalue weighted by Crippen LogP contribution is 2.25. The maximum Gasteiger partial charge on any atom is 0.170 e. The van der Waals surface area contributed by atoms with Crippen LogP contribution in [-0.4, -0.2) is 5.11 Å². The van der Waals surface area contributed by atoms with E-state index in [0.717, 1.165) is 6.07 Å². The summed E-state index contributed by atoms with van der Waals surface area (Å²) < 4.78 is 25.4. The second-order valence-corrected chi connectivity index (χ2v) is 2.46. The second-order valence-electron chi connectivity index (χ2n) is 2.46. The predicted molar refractivity (Wildman–Crippen MR) is 37.5 cm³/mol. The first-order valence-electron chi connectivity index (χ1n) is 3.18. The smallest absolute Gasteiger partial charge is 0.170 e. The number of halogens is 2. The Kier molecular flexibility index (Phi) is 1.81. The largest absolute Gasteiger partial charge is 0.505 e. The molecule has 0 fully saturated rings. The first-order chi connectivity index (χ1) is 5.04.